The highest BCUT2D eigenvalue weighted by Crippen LogP contribution is 2.13. The Balaban J connectivity index is 1.97. The molecular weight excluding hydrogens is 254 g/mol. The molecule has 0 aliphatic carbocycles. The van der Waals surface area contributed by atoms with Gasteiger partial charge in [-0.25, -0.2) is 4.79 Å². The standard InChI is InChI=1S/C12H11NO4S/c14-12(15)10-4-5-11(17-10)18(16)8-6-9-3-1-2-7-13-9/h1-5,7H,6,8H2,(H,14,15). The second-order valence-corrected chi connectivity index (χ2v) is 5.05. The van der Waals surface area contributed by atoms with Crippen LogP contribution in [0.25, 0.3) is 0 Å². The molecule has 94 valence electrons. The number of aromatic carboxylic acids is 1. The molecule has 0 saturated heterocycles. The summed E-state index contributed by atoms with van der Waals surface area (Å²) >= 11 is 0. The highest BCUT2D eigenvalue weighted by molar-refractivity contribution is 7.84. The molecule has 0 spiro atoms. The van der Waals surface area contributed by atoms with Crippen molar-refractivity contribution in [3.05, 3.63) is 48.0 Å². The summed E-state index contributed by atoms with van der Waals surface area (Å²) in [5.74, 6) is -1.01. The van der Waals surface area contributed by atoms with E-state index in [0.717, 1.165) is 5.69 Å². The lowest BCUT2D eigenvalue weighted by atomic mass is 10.3. The molecule has 0 aromatic carbocycles. The van der Waals surface area contributed by atoms with Gasteiger partial charge in [0.2, 0.25) is 5.76 Å². The van der Waals surface area contributed by atoms with Crippen LogP contribution in [0.3, 0.4) is 0 Å². The monoisotopic (exact) mass is 265 g/mol. The molecule has 0 fully saturated rings. The van der Waals surface area contributed by atoms with Crippen LogP contribution in [-0.4, -0.2) is 26.0 Å². The minimum atomic E-state index is -1.35. The van der Waals surface area contributed by atoms with Gasteiger partial charge in [0.05, 0.1) is 10.8 Å². The maximum Gasteiger partial charge on any atom is 0.371 e. The number of aromatic nitrogens is 1. The Morgan fingerprint density at radius 1 is 1.33 bits per heavy atom. The lowest BCUT2D eigenvalue weighted by Gasteiger charge is -1.99. The third-order valence-electron chi connectivity index (χ3n) is 2.29. The van der Waals surface area contributed by atoms with Gasteiger partial charge in [0.1, 0.15) is 0 Å². The number of aryl methyl sites for hydroxylation is 1. The number of carboxylic acid groups (broad SMARTS) is 1. The van der Waals surface area contributed by atoms with Crippen LogP contribution in [0.2, 0.25) is 0 Å². The third-order valence-corrected chi connectivity index (χ3v) is 3.53. The Bertz CT molecular complexity index is 564. The SMILES string of the molecule is O=C(O)c1ccc(S(=O)CCc2ccccn2)o1. The van der Waals surface area contributed by atoms with Crippen LogP contribution < -0.4 is 0 Å². The van der Waals surface area contributed by atoms with Gasteiger partial charge >= 0.3 is 5.97 Å². The lowest BCUT2D eigenvalue weighted by Crippen LogP contribution is -2.02. The fourth-order valence-corrected chi connectivity index (χ4v) is 2.40. The maximum atomic E-state index is 11.9. The third kappa shape index (κ3) is 3.04. The Morgan fingerprint density at radius 2 is 2.17 bits per heavy atom. The van der Waals surface area contributed by atoms with Crippen LogP contribution in [0.5, 0.6) is 0 Å². The van der Waals surface area contributed by atoms with Crippen LogP contribution in [0.4, 0.5) is 0 Å². The molecule has 0 saturated carbocycles. The van der Waals surface area contributed by atoms with Crippen LogP contribution in [-0.2, 0) is 17.2 Å². The van der Waals surface area contributed by atoms with Crippen molar-refractivity contribution in [3.63, 3.8) is 0 Å². The van der Waals surface area contributed by atoms with E-state index in [4.69, 9.17) is 9.52 Å². The molecule has 18 heavy (non-hydrogen) atoms. The van der Waals surface area contributed by atoms with Crippen molar-refractivity contribution in [2.75, 3.05) is 5.75 Å². The first-order valence-corrected chi connectivity index (χ1v) is 6.60. The highest BCUT2D eigenvalue weighted by atomic mass is 32.2. The van der Waals surface area contributed by atoms with Gasteiger partial charge in [-0.2, -0.15) is 0 Å². The van der Waals surface area contributed by atoms with E-state index in [9.17, 15) is 9.00 Å². The minimum absolute atomic E-state index is 0.184. The second kappa shape index (κ2) is 5.59. The fraction of sp³-hybridized carbons (Fsp3) is 0.167. The molecule has 6 heteroatoms. The molecule has 0 aliphatic heterocycles. The van der Waals surface area contributed by atoms with Crippen molar-refractivity contribution in [2.45, 2.75) is 11.5 Å². The van der Waals surface area contributed by atoms with Gasteiger partial charge in [-0.3, -0.25) is 9.19 Å². The molecular formula is C12H11NO4S. The summed E-state index contributed by atoms with van der Waals surface area (Å²) in [5, 5.41) is 8.87. The molecule has 0 aliphatic rings. The quantitative estimate of drug-likeness (QED) is 0.890. The largest absolute Gasteiger partial charge is 0.475 e. The molecule has 0 amide bonds. The zero-order chi connectivity index (χ0) is 13.0. The average Bonchev–Trinajstić information content (AvgIpc) is 2.87. The predicted octanol–water partition coefficient (Wildman–Crippen LogP) is 1.72. The molecule has 0 radical (unpaired) electrons. The van der Waals surface area contributed by atoms with E-state index in [1.165, 1.54) is 12.1 Å². The number of nitrogens with zero attached hydrogens (tertiary/aromatic N) is 1. The van der Waals surface area contributed by atoms with Crippen molar-refractivity contribution < 1.29 is 18.5 Å². The number of rotatable bonds is 5. The first-order valence-electron chi connectivity index (χ1n) is 5.28. The van der Waals surface area contributed by atoms with Gasteiger partial charge in [0.25, 0.3) is 0 Å². The van der Waals surface area contributed by atoms with Crippen LogP contribution in [0, 0.1) is 0 Å². The number of carboxylic acids is 1. The molecule has 5 nitrogen and oxygen atoms in total. The Morgan fingerprint density at radius 3 is 2.78 bits per heavy atom. The molecule has 2 aromatic heterocycles. The fourth-order valence-electron chi connectivity index (χ4n) is 1.40. The summed E-state index contributed by atoms with van der Waals surface area (Å²) in [6, 6.07) is 8.25. The van der Waals surface area contributed by atoms with Crippen LogP contribution in [0.15, 0.2) is 46.0 Å². The van der Waals surface area contributed by atoms with Gasteiger partial charge in [-0.1, -0.05) is 6.07 Å². The molecule has 2 heterocycles. The topological polar surface area (TPSA) is 80.4 Å². The first kappa shape index (κ1) is 12.5. The summed E-state index contributed by atoms with van der Waals surface area (Å²) in [7, 11) is -1.35. The van der Waals surface area contributed by atoms with E-state index in [-0.39, 0.29) is 10.9 Å². The Hall–Kier alpha value is -1.95. The van der Waals surface area contributed by atoms with Crippen molar-refractivity contribution in [1.82, 2.24) is 4.98 Å². The first-order chi connectivity index (χ1) is 8.66. The Kier molecular flexibility index (Phi) is 3.88. The zero-order valence-corrected chi connectivity index (χ0v) is 10.2. The zero-order valence-electron chi connectivity index (χ0n) is 9.41. The molecule has 1 N–H and O–H groups in total. The number of hydrogen-bond donors (Lipinski definition) is 1. The highest BCUT2D eigenvalue weighted by Gasteiger charge is 2.13. The van der Waals surface area contributed by atoms with Gasteiger partial charge in [-0.15, -0.1) is 0 Å². The number of carbonyl (C=O) groups is 1. The summed E-state index contributed by atoms with van der Waals surface area (Å²) in [5.41, 5.74) is 0.843. The van der Waals surface area contributed by atoms with Crippen molar-refractivity contribution in [1.29, 1.82) is 0 Å². The number of pyridine rings is 1. The van der Waals surface area contributed by atoms with E-state index in [1.807, 2.05) is 18.2 Å². The summed E-state index contributed by atoms with van der Waals surface area (Å²) in [4.78, 5) is 14.7. The van der Waals surface area contributed by atoms with E-state index in [0.29, 0.717) is 12.2 Å². The van der Waals surface area contributed by atoms with Gasteiger partial charge in [0, 0.05) is 24.1 Å². The lowest BCUT2D eigenvalue weighted by molar-refractivity contribution is 0.0656. The van der Waals surface area contributed by atoms with Crippen molar-refractivity contribution >= 4 is 16.8 Å². The van der Waals surface area contributed by atoms with E-state index < -0.39 is 16.8 Å². The van der Waals surface area contributed by atoms with Crippen LogP contribution >= 0.6 is 0 Å². The minimum Gasteiger partial charge on any atom is -0.475 e. The van der Waals surface area contributed by atoms with E-state index in [2.05, 4.69) is 4.98 Å². The second-order valence-electron chi connectivity index (χ2n) is 3.54. The van der Waals surface area contributed by atoms with E-state index in [1.54, 1.807) is 6.20 Å². The predicted molar refractivity (Wildman–Crippen MR) is 64.9 cm³/mol. The normalized spacial score (nSPS) is 12.2. The summed E-state index contributed by atoms with van der Waals surface area (Å²) in [6.45, 7) is 0. The molecule has 2 rings (SSSR count). The number of furan rings is 1. The van der Waals surface area contributed by atoms with Gasteiger partial charge in [0.15, 0.2) is 5.09 Å². The smallest absolute Gasteiger partial charge is 0.371 e. The summed E-state index contributed by atoms with van der Waals surface area (Å²) in [6.07, 6.45) is 2.23. The number of hydrogen-bond acceptors (Lipinski definition) is 4. The van der Waals surface area contributed by atoms with Crippen molar-refractivity contribution in [2.24, 2.45) is 0 Å². The average molecular weight is 265 g/mol. The molecule has 0 bridgehead atoms. The van der Waals surface area contributed by atoms with E-state index >= 15 is 0 Å². The molecule has 1 unspecified atom stereocenters. The maximum absolute atomic E-state index is 11.9. The molecule has 1 atom stereocenters. The molecule has 2 aromatic rings. The van der Waals surface area contributed by atoms with Crippen molar-refractivity contribution in [3.8, 4) is 0 Å². The Labute approximate surface area is 106 Å². The van der Waals surface area contributed by atoms with Gasteiger partial charge < -0.3 is 9.52 Å². The van der Waals surface area contributed by atoms with Gasteiger partial charge in [-0.05, 0) is 24.3 Å². The summed E-state index contributed by atoms with van der Waals surface area (Å²) < 4.78 is 16.8. The van der Waals surface area contributed by atoms with Crippen LogP contribution in [0.1, 0.15) is 16.2 Å².